The molecule has 1 aliphatic heterocycles. The summed E-state index contributed by atoms with van der Waals surface area (Å²) >= 11 is 0. The van der Waals surface area contributed by atoms with E-state index in [9.17, 15) is 9.59 Å². The molecule has 2 aromatic rings. The highest BCUT2D eigenvalue weighted by Crippen LogP contribution is 2.32. The lowest BCUT2D eigenvalue weighted by atomic mass is 9.96. The number of amides is 2. The SMILES string of the molecule is Cc1cnc2c(C(=O)N3CCC[C@]3(C)C(=O)NC3CCCC3)cnn2c1. The van der Waals surface area contributed by atoms with Gasteiger partial charge < -0.3 is 10.2 Å². The fourth-order valence-electron chi connectivity index (χ4n) is 4.20. The van der Waals surface area contributed by atoms with Crippen molar-refractivity contribution in [1.82, 2.24) is 24.8 Å². The summed E-state index contributed by atoms with van der Waals surface area (Å²) in [6, 6.07) is 0.249. The van der Waals surface area contributed by atoms with Crippen LogP contribution in [0.1, 0.15) is 61.4 Å². The lowest BCUT2D eigenvalue weighted by molar-refractivity contribution is -0.130. The van der Waals surface area contributed by atoms with Crippen molar-refractivity contribution < 1.29 is 9.59 Å². The lowest BCUT2D eigenvalue weighted by Crippen LogP contribution is -2.56. The third-order valence-corrected chi connectivity index (χ3v) is 5.78. The summed E-state index contributed by atoms with van der Waals surface area (Å²) < 4.78 is 1.62. The Hall–Kier alpha value is -2.44. The molecule has 138 valence electrons. The molecule has 26 heavy (non-hydrogen) atoms. The second-order valence-corrected chi connectivity index (χ2v) is 7.75. The van der Waals surface area contributed by atoms with Gasteiger partial charge in [0.2, 0.25) is 5.91 Å². The Morgan fingerprint density at radius 3 is 2.77 bits per heavy atom. The molecule has 3 heterocycles. The predicted molar refractivity (Wildman–Crippen MR) is 96.8 cm³/mol. The van der Waals surface area contributed by atoms with Crippen molar-refractivity contribution in [2.75, 3.05) is 6.54 Å². The number of fused-ring (bicyclic) bond motifs is 1. The number of aromatic nitrogens is 3. The van der Waals surface area contributed by atoms with Gasteiger partial charge in [-0.15, -0.1) is 0 Å². The zero-order chi connectivity index (χ0) is 18.3. The third-order valence-electron chi connectivity index (χ3n) is 5.78. The number of hydrogen-bond donors (Lipinski definition) is 1. The Balaban J connectivity index is 1.60. The number of nitrogens with one attached hydrogen (secondary N) is 1. The zero-order valence-corrected chi connectivity index (χ0v) is 15.4. The Morgan fingerprint density at radius 2 is 2.00 bits per heavy atom. The van der Waals surface area contributed by atoms with Crippen LogP contribution < -0.4 is 5.32 Å². The highest BCUT2D eigenvalue weighted by Gasteiger charge is 2.47. The first-order chi connectivity index (χ1) is 12.5. The van der Waals surface area contributed by atoms with Crippen LogP contribution in [0.5, 0.6) is 0 Å². The molecule has 0 spiro atoms. The van der Waals surface area contributed by atoms with E-state index < -0.39 is 5.54 Å². The Morgan fingerprint density at radius 1 is 1.23 bits per heavy atom. The van der Waals surface area contributed by atoms with Gasteiger partial charge in [-0.25, -0.2) is 9.50 Å². The van der Waals surface area contributed by atoms with Gasteiger partial charge in [-0.2, -0.15) is 5.10 Å². The van der Waals surface area contributed by atoms with Crippen molar-refractivity contribution in [2.45, 2.75) is 64.0 Å². The molecule has 1 aliphatic carbocycles. The molecule has 2 amide bonds. The molecule has 1 N–H and O–H groups in total. The first-order valence-corrected chi connectivity index (χ1v) is 9.42. The second kappa shape index (κ2) is 6.37. The quantitative estimate of drug-likeness (QED) is 0.914. The number of carbonyl (C=O) groups excluding carboxylic acids is 2. The van der Waals surface area contributed by atoms with Gasteiger partial charge >= 0.3 is 0 Å². The zero-order valence-electron chi connectivity index (χ0n) is 15.4. The lowest BCUT2D eigenvalue weighted by Gasteiger charge is -2.34. The minimum Gasteiger partial charge on any atom is -0.351 e. The van der Waals surface area contributed by atoms with Gasteiger partial charge in [-0.05, 0) is 45.1 Å². The molecule has 7 heteroatoms. The number of nitrogens with zero attached hydrogens (tertiary/aromatic N) is 4. The minimum atomic E-state index is -0.807. The maximum Gasteiger partial charge on any atom is 0.260 e. The van der Waals surface area contributed by atoms with Crippen molar-refractivity contribution in [3.8, 4) is 0 Å². The third kappa shape index (κ3) is 2.75. The molecule has 2 aromatic heterocycles. The summed E-state index contributed by atoms with van der Waals surface area (Å²) in [5.41, 5.74) is 1.15. The maximum atomic E-state index is 13.2. The highest BCUT2D eigenvalue weighted by atomic mass is 16.2. The number of carbonyl (C=O) groups is 2. The summed E-state index contributed by atoms with van der Waals surface area (Å²) in [5, 5.41) is 7.42. The van der Waals surface area contributed by atoms with E-state index in [1.54, 1.807) is 21.8 Å². The average Bonchev–Trinajstić information content (AvgIpc) is 3.34. The van der Waals surface area contributed by atoms with Gasteiger partial charge in [0.15, 0.2) is 5.65 Å². The van der Waals surface area contributed by atoms with Crippen LogP contribution in [0.4, 0.5) is 0 Å². The molecule has 2 fully saturated rings. The van der Waals surface area contributed by atoms with E-state index >= 15 is 0 Å². The largest absolute Gasteiger partial charge is 0.351 e. The van der Waals surface area contributed by atoms with Gasteiger partial charge in [-0.3, -0.25) is 9.59 Å². The normalized spacial score (nSPS) is 23.7. The van der Waals surface area contributed by atoms with Crippen LogP contribution in [0.25, 0.3) is 5.65 Å². The van der Waals surface area contributed by atoms with Crippen LogP contribution in [0.2, 0.25) is 0 Å². The molecule has 1 saturated carbocycles. The van der Waals surface area contributed by atoms with Crippen molar-refractivity contribution in [1.29, 1.82) is 0 Å². The maximum absolute atomic E-state index is 13.2. The highest BCUT2D eigenvalue weighted by molar-refractivity contribution is 6.03. The van der Waals surface area contributed by atoms with Crippen LogP contribution >= 0.6 is 0 Å². The standard InChI is InChI=1S/C19H25N5O2/c1-13-10-20-16-15(11-21-24(16)12-13)17(25)23-9-5-8-19(23,2)18(26)22-14-6-3-4-7-14/h10-12,14H,3-9H2,1-2H3,(H,22,26)/t19-/m1/s1. The molecule has 0 unspecified atom stereocenters. The summed E-state index contributed by atoms with van der Waals surface area (Å²) in [7, 11) is 0. The van der Waals surface area contributed by atoms with Gasteiger partial charge in [-0.1, -0.05) is 12.8 Å². The van der Waals surface area contributed by atoms with Crippen LogP contribution in [0.3, 0.4) is 0 Å². The van der Waals surface area contributed by atoms with Crippen LogP contribution in [0.15, 0.2) is 18.6 Å². The first kappa shape index (κ1) is 17.0. The fourth-order valence-corrected chi connectivity index (χ4v) is 4.20. The van der Waals surface area contributed by atoms with Crippen molar-refractivity contribution in [3.63, 3.8) is 0 Å². The van der Waals surface area contributed by atoms with Crippen LogP contribution in [-0.2, 0) is 4.79 Å². The second-order valence-electron chi connectivity index (χ2n) is 7.75. The molecule has 1 atom stereocenters. The monoisotopic (exact) mass is 355 g/mol. The fraction of sp³-hybridized carbons (Fsp3) is 0.579. The predicted octanol–water partition coefficient (Wildman–Crippen LogP) is 2.09. The molecule has 0 aromatic carbocycles. The summed E-state index contributed by atoms with van der Waals surface area (Å²) in [4.78, 5) is 32.3. The minimum absolute atomic E-state index is 0.0319. The smallest absolute Gasteiger partial charge is 0.260 e. The molecule has 1 saturated heterocycles. The number of likely N-dealkylation sites (tertiary alicyclic amines) is 1. The van der Waals surface area contributed by atoms with Crippen molar-refractivity contribution in [2.24, 2.45) is 0 Å². The summed E-state index contributed by atoms with van der Waals surface area (Å²) in [6.45, 7) is 4.39. The number of aryl methyl sites for hydroxylation is 1. The molecular formula is C19H25N5O2. The average molecular weight is 355 g/mol. The van der Waals surface area contributed by atoms with E-state index in [2.05, 4.69) is 15.4 Å². The molecule has 2 aliphatic rings. The van der Waals surface area contributed by atoms with Crippen LogP contribution in [0, 0.1) is 6.92 Å². The molecule has 0 radical (unpaired) electrons. The summed E-state index contributed by atoms with van der Waals surface area (Å²) in [5.74, 6) is -0.201. The number of rotatable bonds is 3. The molecular weight excluding hydrogens is 330 g/mol. The van der Waals surface area contributed by atoms with E-state index in [-0.39, 0.29) is 17.9 Å². The number of hydrogen-bond acceptors (Lipinski definition) is 4. The van der Waals surface area contributed by atoms with Gasteiger partial charge in [0.1, 0.15) is 11.1 Å². The Kier molecular flexibility index (Phi) is 4.17. The first-order valence-electron chi connectivity index (χ1n) is 9.42. The molecule has 4 rings (SSSR count). The van der Waals surface area contributed by atoms with E-state index in [1.807, 2.05) is 20.0 Å². The molecule has 7 nitrogen and oxygen atoms in total. The van der Waals surface area contributed by atoms with Crippen LogP contribution in [-0.4, -0.2) is 49.4 Å². The van der Waals surface area contributed by atoms with Crippen molar-refractivity contribution in [3.05, 3.63) is 29.7 Å². The van der Waals surface area contributed by atoms with E-state index in [0.29, 0.717) is 24.2 Å². The summed E-state index contributed by atoms with van der Waals surface area (Å²) in [6.07, 6.45) is 11.0. The van der Waals surface area contributed by atoms with Gasteiger partial charge in [0.05, 0.1) is 6.20 Å². The Labute approximate surface area is 152 Å². The van der Waals surface area contributed by atoms with Crippen molar-refractivity contribution >= 4 is 17.5 Å². The Bertz CT molecular complexity index is 855. The van der Waals surface area contributed by atoms with E-state index in [1.165, 1.54) is 0 Å². The topological polar surface area (TPSA) is 79.6 Å². The van der Waals surface area contributed by atoms with Gasteiger partial charge in [0.25, 0.3) is 5.91 Å². The van der Waals surface area contributed by atoms with Gasteiger partial charge in [0, 0.05) is 25.0 Å². The van der Waals surface area contributed by atoms with E-state index in [0.717, 1.165) is 37.7 Å². The van der Waals surface area contributed by atoms with E-state index in [4.69, 9.17) is 0 Å². The molecule has 0 bridgehead atoms.